The summed E-state index contributed by atoms with van der Waals surface area (Å²) in [7, 11) is 3.23. The number of ether oxygens (including phenoxy) is 3. The fourth-order valence-corrected chi connectivity index (χ4v) is 5.24. The molecule has 194 valence electrons. The van der Waals surface area contributed by atoms with Crippen molar-refractivity contribution in [3.63, 3.8) is 0 Å². The maximum atomic E-state index is 6.15. The maximum absolute atomic E-state index is 6.15. The SMILES string of the molecule is C#CC(O/N=C1\c2cc(OC)c(OC)cc2-c2[nH]c3ccc(OCCN4CCCC4)cc3c21)c1ccoc1. The summed E-state index contributed by atoms with van der Waals surface area (Å²) in [5, 5.41) is 5.58. The number of likely N-dealkylation sites (tertiary alicyclic amines) is 1. The first kappa shape index (κ1) is 24.0. The molecule has 3 heterocycles. The van der Waals surface area contributed by atoms with Gasteiger partial charge in [-0.05, 0) is 62.3 Å². The lowest BCUT2D eigenvalue weighted by atomic mass is 10.1. The molecule has 2 aromatic heterocycles. The average molecular weight is 512 g/mol. The van der Waals surface area contributed by atoms with Gasteiger partial charge < -0.3 is 28.4 Å². The van der Waals surface area contributed by atoms with Crippen molar-refractivity contribution >= 4 is 16.6 Å². The zero-order valence-electron chi connectivity index (χ0n) is 21.5. The number of methoxy groups -OCH3 is 2. The fraction of sp³-hybridized carbons (Fsp3) is 0.300. The smallest absolute Gasteiger partial charge is 0.215 e. The summed E-state index contributed by atoms with van der Waals surface area (Å²) in [6.07, 6.45) is 10.7. The minimum absolute atomic E-state index is 0.600. The van der Waals surface area contributed by atoms with Crippen molar-refractivity contribution in [1.82, 2.24) is 9.88 Å². The highest BCUT2D eigenvalue weighted by molar-refractivity contribution is 6.30. The quantitative estimate of drug-likeness (QED) is 0.212. The van der Waals surface area contributed by atoms with Gasteiger partial charge in [-0.2, -0.15) is 0 Å². The van der Waals surface area contributed by atoms with E-state index in [1.54, 1.807) is 32.8 Å². The summed E-state index contributed by atoms with van der Waals surface area (Å²) in [6, 6.07) is 11.7. The Labute approximate surface area is 221 Å². The van der Waals surface area contributed by atoms with Crippen LogP contribution in [0.3, 0.4) is 0 Å². The van der Waals surface area contributed by atoms with E-state index in [0.29, 0.717) is 23.8 Å². The third-order valence-corrected chi connectivity index (χ3v) is 7.18. The zero-order chi connectivity index (χ0) is 26.1. The first-order chi connectivity index (χ1) is 18.7. The highest BCUT2D eigenvalue weighted by Gasteiger charge is 2.32. The number of hydrogen-bond acceptors (Lipinski definition) is 7. The first-order valence-electron chi connectivity index (χ1n) is 12.7. The van der Waals surface area contributed by atoms with Crippen LogP contribution in [0.2, 0.25) is 0 Å². The zero-order valence-corrected chi connectivity index (χ0v) is 21.5. The molecule has 0 saturated carbocycles. The highest BCUT2D eigenvalue weighted by Crippen LogP contribution is 2.46. The van der Waals surface area contributed by atoms with E-state index >= 15 is 0 Å². The number of fused-ring (bicyclic) bond motifs is 5. The number of nitrogens with zero attached hydrogens (tertiary/aromatic N) is 2. The lowest BCUT2D eigenvalue weighted by Crippen LogP contribution is -2.25. The highest BCUT2D eigenvalue weighted by atomic mass is 16.6. The van der Waals surface area contributed by atoms with Crippen LogP contribution >= 0.6 is 0 Å². The van der Waals surface area contributed by atoms with Gasteiger partial charge in [0.05, 0.1) is 32.4 Å². The van der Waals surface area contributed by atoms with Crippen molar-refractivity contribution in [2.24, 2.45) is 5.16 Å². The molecule has 4 aromatic rings. The molecular formula is C30H29N3O5. The number of hydrogen-bond donors (Lipinski definition) is 1. The van der Waals surface area contributed by atoms with Crippen molar-refractivity contribution in [3.05, 3.63) is 65.6 Å². The molecule has 1 atom stereocenters. The average Bonchev–Trinajstić information content (AvgIpc) is 3.75. The van der Waals surface area contributed by atoms with E-state index in [2.05, 4.69) is 27.0 Å². The molecule has 0 radical (unpaired) electrons. The van der Waals surface area contributed by atoms with Crippen molar-refractivity contribution in [1.29, 1.82) is 0 Å². The predicted octanol–water partition coefficient (Wildman–Crippen LogP) is 5.38. The van der Waals surface area contributed by atoms with Gasteiger partial charge in [0.15, 0.2) is 11.5 Å². The van der Waals surface area contributed by atoms with Gasteiger partial charge in [0.1, 0.15) is 18.1 Å². The number of furan rings is 1. The van der Waals surface area contributed by atoms with Crippen LogP contribution in [0.4, 0.5) is 0 Å². The lowest BCUT2D eigenvalue weighted by molar-refractivity contribution is 0.0996. The molecule has 1 unspecified atom stereocenters. The third-order valence-electron chi connectivity index (χ3n) is 7.18. The van der Waals surface area contributed by atoms with E-state index in [0.717, 1.165) is 64.2 Å². The Morgan fingerprint density at radius 3 is 2.58 bits per heavy atom. The minimum atomic E-state index is -0.691. The molecule has 1 fully saturated rings. The van der Waals surface area contributed by atoms with Gasteiger partial charge in [-0.3, -0.25) is 4.90 Å². The summed E-state index contributed by atoms with van der Waals surface area (Å²) in [6.45, 7) is 3.87. The second kappa shape index (κ2) is 10.2. The van der Waals surface area contributed by atoms with Crippen LogP contribution in [-0.4, -0.2) is 56.1 Å². The number of nitrogens with one attached hydrogen (secondary N) is 1. The Balaban J connectivity index is 1.40. The van der Waals surface area contributed by atoms with Gasteiger partial charge in [0.25, 0.3) is 0 Å². The standard InChI is InChI=1S/C30H29N3O5/c1-4-25(19-9-13-36-18-19)38-32-30-22-17-27(35-3)26(34-2)16-21(22)29-28(30)23-15-20(7-8-24(23)31-29)37-14-12-33-10-5-6-11-33/h1,7-9,13,15-18,25,31H,5-6,10-12,14H2,2-3H3/b32-30+. The molecule has 0 spiro atoms. The number of benzene rings is 2. The largest absolute Gasteiger partial charge is 0.493 e. The van der Waals surface area contributed by atoms with Gasteiger partial charge in [-0.1, -0.05) is 11.1 Å². The van der Waals surface area contributed by atoms with E-state index in [1.807, 2.05) is 24.3 Å². The van der Waals surface area contributed by atoms with E-state index in [9.17, 15) is 0 Å². The van der Waals surface area contributed by atoms with E-state index in [1.165, 1.54) is 12.8 Å². The van der Waals surface area contributed by atoms with E-state index in [-0.39, 0.29) is 0 Å². The number of terminal acetylenes is 1. The summed E-state index contributed by atoms with van der Waals surface area (Å²) in [4.78, 5) is 11.9. The Kier molecular flexibility index (Phi) is 6.44. The topological polar surface area (TPSA) is 81.4 Å². The molecule has 1 aliphatic heterocycles. The molecule has 2 aliphatic rings. The van der Waals surface area contributed by atoms with Gasteiger partial charge in [0.2, 0.25) is 6.10 Å². The first-order valence-corrected chi connectivity index (χ1v) is 12.7. The number of aromatic nitrogens is 1. The Morgan fingerprint density at radius 1 is 1.08 bits per heavy atom. The predicted molar refractivity (Wildman–Crippen MR) is 145 cm³/mol. The molecular weight excluding hydrogens is 482 g/mol. The van der Waals surface area contributed by atoms with E-state index in [4.69, 9.17) is 29.9 Å². The molecule has 8 heteroatoms. The van der Waals surface area contributed by atoms with Crippen LogP contribution in [0.1, 0.15) is 35.6 Å². The fourth-order valence-electron chi connectivity index (χ4n) is 5.24. The van der Waals surface area contributed by atoms with Crippen LogP contribution in [0.15, 0.2) is 58.5 Å². The molecule has 1 saturated heterocycles. The lowest BCUT2D eigenvalue weighted by Gasteiger charge is -2.15. The number of H-pyrrole nitrogens is 1. The molecule has 1 N–H and O–H groups in total. The Morgan fingerprint density at radius 2 is 1.87 bits per heavy atom. The Bertz CT molecular complexity index is 1520. The summed E-state index contributed by atoms with van der Waals surface area (Å²) in [5.41, 5.74) is 5.97. The second-order valence-electron chi connectivity index (χ2n) is 9.38. The van der Waals surface area contributed by atoms with Crippen LogP contribution in [0, 0.1) is 12.3 Å². The maximum Gasteiger partial charge on any atom is 0.215 e. The number of rotatable bonds is 9. The van der Waals surface area contributed by atoms with Crippen LogP contribution in [0.5, 0.6) is 17.2 Å². The van der Waals surface area contributed by atoms with Crippen molar-refractivity contribution < 1.29 is 23.5 Å². The summed E-state index contributed by atoms with van der Waals surface area (Å²) < 4.78 is 22.5. The second-order valence-corrected chi connectivity index (χ2v) is 9.38. The number of aromatic amines is 1. The molecule has 0 bridgehead atoms. The number of oxime groups is 1. The van der Waals surface area contributed by atoms with Gasteiger partial charge in [0, 0.05) is 39.7 Å². The van der Waals surface area contributed by atoms with Crippen molar-refractivity contribution in [2.45, 2.75) is 18.9 Å². The summed E-state index contributed by atoms with van der Waals surface area (Å²) in [5.74, 6) is 4.68. The molecule has 8 nitrogen and oxygen atoms in total. The van der Waals surface area contributed by atoms with E-state index < -0.39 is 6.10 Å². The van der Waals surface area contributed by atoms with Gasteiger partial charge >= 0.3 is 0 Å². The monoisotopic (exact) mass is 511 g/mol. The van der Waals surface area contributed by atoms with Crippen LogP contribution < -0.4 is 14.2 Å². The molecule has 6 rings (SSSR count). The van der Waals surface area contributed by atoms with Crippen LogP contribution in [-0.2, 0) is 4.84 Å². The summed E-state index contributed by atoms with van der Waals surface area (Å²) >= 11 is 0. The molecule has 0 amide bonds. The third kappa shape index (κ3) is 4.25. The van der Waals surface area contributed by atoms with Crippen molar-refractivity contribution in [2.75, 3.05) is 40.5 Å². The van der Waals surface area contributed by atoms with Gasteiger partial charge in [-0.25, -0.2) is 0 Å². The minimum Gasteiger partial charge on any atom is -0.493 e. The Hall–Kier alpha value is -4.35. The van der Waals surface area contributed by atoms with Gasteiger partial charge in [-0.15, -0.1) is 6.42 Å². The molecule has 1 aliphatic carbocycles. The normalized spacial score (nSPS) is 16.3. The van der Waals surface area contributed by atoms with Crippen molar-refractivity contribution in [3.8, 4) is 40.8 Å². The molecule has 2 aromatic carbocycles. The van der Waals surface area contributed by atoms with Crippen LogP contribution in [0.25, 0.3) is 22.2 Å². The molecule has 38 heavy (non-hydrogen) atoms.